The van der Waals surface area contributed by atoms with Crippen LogP contribution in [0.25, 0.3) is 0 Å². The van der Waals surface area contributed by atoms with E-state index in [-0.39, 0.29) is 0 Å². The normalized spacial score (nSPS) is 9.83. The van der Waals surface area contributed by atoms with E-state index in [0.29, 0.717) is 18.2 Å². The smallest absolute Gasteiger partial charge is 0.224 e. The molecule has 2 aromatic rings. The van der Waals surface area contributed by atoms with Crippen molar-refractivity contribution >= 4 is 5.95 Å². The van der Waals surface area contributed by atoms with Crippen molar-refractivity contribution in [2.45, 2.75) is 20.4 Å². The second kappa shape index (κ2) is 5.28. The second-order valence-electron chi connectivity index (χ2n) is 4.17. The number of hydrogen-bond donors (Lipinski definition) is 1. The molecule has 1 aromatic carbocycles. The highest BCUT2D eigenvalue weighted by Crippen LogP contribution is 2.08. The molecule has 0 aliphatic carbocycles. The first-order valence-corrected chi connectivity index (χ1v) is 5.72. The van der Waals surface area contributed by atoms with Gasteiger partial charge in [-0.2, -0.15) is 5.26 Å². The van der Waals surface area contributed by atoms with Gasteiger partial charge < -0.3 is 5.32 Å². The molecule has 0 saturated carbocycles. The highest BCUT2D eigenvalue weighted by Gasteiger charge is 2.01. The lowest BCUT2D eigenvalue weighted by Gasteiger charge is -2.06. The molecule has 1 aromatic heterocycles. The monoisotopic (exact) mass is 238 g/mol. The molecule has 0 aliphatic heterocycles. The Labute approximate surface area is 106 Å². The maximum atomic E-state index is 8.84. The fraction of sp³-hybridized carbons (Fsp3) is 0.214. The minimum atomic E-state index is 0.384. The Kier molecular flexibility index (Phi) is 3.54. The van der Waals surface area contributed by atoms with Gasteiger partial charge in [-0.25, -0.2) is 9.97 Å². The number of nitrogens with zero attached hydrogens (tertiary/aromatic N) is 3. The van der Waals surface area contributed by atoms with Crippen LogP contribution < -0.4 is 5.32 Å². The van der Waals surface area contributed by atoms with E-state index in [0.717, 1.165) is 5.69 Å². The van der Waals surface area contributed by atoms with Crippen molar-refractivity contribution in [2.24, 2.45) is 0 Å². The molecule has 0 spiro atoms. The van der Waals surface area contributed by atoms with Crippen LogP contribution in [0.4, 0.5) is 5.95 Å². The lowest BCUT2D eigenvalue weighted by atomic mass is 10.1. The standard InChI is InChI=1S/C14H14N4/c1-10-4-3-5-12(6-10)9-16-14-17-11(2)7-13(8-15)18-14/h3-7H,9H2,1-2H3,(H,16,17,18). The largest absolute Gasteiger partial charge is 0.350 e. The fourth-order valence-corrected chi connectivity index (χ4v) is 1.71. The molecule has 2 rings (SSSR count). The van der Waals surface area contributed by atoms with Crippen LogP contribution in [0.2, 0.25) is 0 Å². The van der Waals surface area contributed by atoms with E-state index in [1.54, 1.807) is 6.07 Å². The summed E-state index contributed by atoms with van der Waals surface area (Å²) in [5.74, 6) is 0.494. The molecule has 0 aliphatic rings. The third kappa shape index (κ3) is 3.05. The Balaban J connectivity index is 2.11. The van der Waals surface area contributed by atoms with Gasteiger partial charge in [-0.05, 0) is 25.5 Å². The topological polar surface area (TPSA) is 61.6 Å². The quantitative estimate of drug-likeness (QED) is 0.892. The van der Waals surface area contributed by atoms with Crippen molar-refractivity contribution in [2.75, 3.05) is 5.32 Å². The van der Waals surface area contributed by atoms with E-state index < -0.39 is 0 Å². The molecule has 0 fully saturated rings. The molecule has 0 amide bonds. The average Bonchev–Trinajstić information content (AvgIpc) is 2.36. The number of aromatic nitrogens is 2. The molecule has 0 radical (unpaired) electrons. The summed E-state index contributed by atoms with van der Waals surface area (Å²) in [4.78, 5) is 8.35. The van der Waals surface area contributed by atoms with Crippen molar-refractivity contribution in [3.63, 3.8) is 0 Å². The molecule has 90 valence electrons. The van der Waals surface area contributed by atoms with Crippen LogP contribution in [0, 0.1) is 25.2 Å². The summed E-state index contributed by atoms with van der Waals surface area (Å²) in [5.41, 5.74) is 3.55. The summed E-state index contributed by atoms with van der Waals surface area (Å²) in [7, 11) is 0. The van der Waals surface area contributed by atoms with Crippen molar-refractivity contribution in [1.29, 1.82) is 5.26 Å². The Morgan fingerprint density at radius 3 is 2.78 bits per heavy atom. The van der Waals surface area contributed by atoms with E-state index in [1.807, 2.05) is 25.1 Å². The number of hydrogen-bond acceptors (Lipinski definition) is 4. The molecule has 0 saturated heterocycles. The molecule has 18 heavy (non-hydrogen) atoms. The summed E-state index contributed by atoms with van der Waals surface area (Å²) in [6, 6.07) is 11.9. The molecule has 0 atom stereocenters. The third-order valence-corrected chi connectivity index (χ3v) is 2.50. The van der Waals surface area contributed by atoms with Gasteiger partial charge in [-0.3, -0.25) is 0 Å². The van der Waals surface area contributed by atoms with Crippen LogP contribution in [-0.2, 0) is 6.54 Å². The first kappa shape index (κ1) is 12.1. The predicted octanol–water partition coefficient (Wildman–Crippen LogP) is 2.58. The van der Waals surface area contributed by atoms with Gasteiger partial charge in [0, 0.05) is 12.2 Å². The molecule has 1 heterocycles. The van der Waals surface area contributed by atoms with E-state index in [4.69, 9.17) is 5.26 Å². The van der Waals surface area contributed by atoms with Gasteiger partial charge in [0.2, 0.25) is 5.95 Å². The van der Waals surface area contributed by atoms with E-state index in [1.165, 1.54) is 11.1 Å². The summed E-state index contributed by atoms with van der Waals surface area (Å²) in [6.45, 7) is 4.55. The molecular weight excluding hydrogens is 224 g/mol. The van der Waals surface area contributed by atoms with Gasteiger partial charge in [-0.15, -0.1) is 0 Å². The number of anilines is 1. The molecule has 0 unspecified atom stereocenters. The highest BCUT2D eigenvalue weighted by atomic mass is 15.1. The van der Waals surface area contributed by atoms with Crippen LogP contribution in [0.5, 0.6) is 0 Å². The molecule has 1 N–H and O–H groups in total. The van der Waals surface area contributed by atoms with Gasteiger partial charge in [-0.1, -0.05) is 29.8 Å². The Hall–Kier alpha value is -2.41. The number of rotatable bonds is 3. The number of nitriles is 1. The van der Waals surface area contributed by atoms with Gasteiger partial charge in [0.15, 0.2) is 0 Å². The predicted molar refractivity (Wildman–Crippen MR) is 70.0 cm³/mol. The zero-order chi connectivity index (χ0) is 13.0. The van der Waals surface area contributed by atoms with Crippen molar-refractivity contribution in [1.82, 2.24) is 9.97 Å². The second-order valence-corrected chi connectivity index (χ2v) is 4.17. The maximum absolute atomic E-state index is 8.84. The Bertz CT molecular complexity index is 599. The van der Waals surface area contributed by atoms with Crippen LogP contribution in [0.15, 0.2) is 30.3 Å². The van der Waals surface area contributed by atoms with Crippen LogP contribution in [0.3, 0.4) is 0 Å². The van der Waals surface area contributed by atoms with Crippen LogP contribution in [-0.4, -0.2) is 9.97 Å². The van der Waals surface area contributed by atoms with E-state index >= 15 is 0 Å². The summed E-state index contributed by atoms with van der Waals surface area (Å²) in [5, 5.41) is 12.0. The molecule has 4 heteroatoms. The third-order valence-electron chi connectivity index (χ3n) is 2.50. The van der Waals surface area contributed by atoms with Crippen LogP contribution in [0.1, 0.15) is 22.5 Å². The SMILES string of the molecule is Cc1cccc(CNc2nc(C)cc(C#N)n2)c1. The number of aryl methyl sites for hydroxylation is 2. The number of benzene rings is 1. The maximum Gasteiger partial charge on any atom is 0.224 e. The van der Waals surface area contributed by atoms with Crippen molar-refractivity contribution in [3.8, 4) is 6.07 Å². The van der Waals surface area contributed by atoms with Gasteiger partial charge in [0.25, 0.3) is 0 Å². The van der Waals surface area contributed by atoms with Gasteiger partial charge >= 0.3 is 0 Å². The Morgan fingerprint density at radius 2 is 2.06 bits per heavy atom. The first-order valence-electron chi connectivity index (χ1n) is 5.72. The van der Waals surface area contributed by atoms with E-state index in [9.17, 15) is 0 Å². The number of nitrogens with one attached hydrogen (secondary N) is 1. The summed E-state index contributed by atoms with van der Waals surface area (Å²) < 4.78 is 0. The minimum Gasteiger partial charge on any atom is -0.350 e. The van der Waals surface area contributed by atoms with Crippen LogP contribution >= 0.6 is 0 Å². The zero-order valence-corrected chi connectivity index (χ0v) is 10.4. The zero-order valence-electron chi connectivity index (χ0n) is 10.4. The lowest BCUT2D eigenvalue weighted by molar-refractivity contribution is 1.02. The van der Waals surface area contributed by atoms with Crippen molar-refractivity contribution < 1.29 is 0 Å². The lowest BCUT2D eigenvalue weighted by Crippen LogP contribution is -2.05. The van der Waals surface area contributed by atoms with Gasteiger partial charge in [0.1, 0.15) is 11.8 Å². The fourth-order valence-electron chi connectivity index (χ4n) is 1.71. The summed E-state index contributed by atoms with van der Waals surface area (Å²) >= 11 is 0. The molecule has 0 bridgehead atoms. The van der Waals surface area contributed by atoms with Crippen molar-refractivity contribution in [3.05, 3.63) is 52.8 Å². The molecule has 4 nitrogen and oxygen atoms in total. The minimum absolute atomic E-state index is 0.384. The summed E-state index contributed by atoms with van der Waals surface area (Å²) in [6.07, 6.45) is 0. The van der Waals surface area contributed by atoms with E-state index in [2.05, 4.69) is 34.3 Å². The highest BCUT2D eigenvalue weighted by molar-refractivity contribution is 5.34. The first-order chi connectivity index (χ1) is 8.67. The molecular formula is C14H14N4. The van der Waals surface area contributed by atoms with Gasteiger partial charge in [0.05, 0.1) is 0 Å². The Morgan fingerprint density at radius 1 is 1.22 bits per heavy atom. The average molecular weight is 238 g/mol.